The van der Waals surface area contributed by atoms with Crippen molar-refractivity contribution in [1.82, 2.24) is 9.97 Å². The van der Waals surface area contributed by atoms with Crippen LogP contribution in [0.3, 0.4) is 0 Å². The van der Waals surface area contributed by atoms with Crippen molar-refractivity contribution in [2.24, 2.45) is 0 Å². The van der Waals surface area contributed by atoms with Crippen LogP contribution in [0.2, 0.25) is 10.0 Å². The summed E-state index contributed by atoms with van der Waals surface area (Å²) in [7, 11) is 0. The Kier molecular flexibility index (Phi) is 4.09. The predicted octanol–water partition coefficient (Wildman–Crippen LogP) is 4.30. The molecule has 22 heavy (non-hydrogen) atoms. The minimum atomic E-state index is -0.342. The van der Waals surface area contributed by atoms with Crippen molar-refractivity contribution in [2.45, 2.75) is 0 Å². The molecule has 3 aromatic rings. The number of hydrogen-bond acceptors (Lipinski definition) is 4. The van der Waals surface area contributed by atoms with Crippen molar-refractivity contribution >= 4 is 35.1 Å². The van der Waals surface area contributed by atoms with Crippen LogP contribution in [0.5, 0.6) is 0 Å². The summed E-state index contributed by atoms with van der Waals surface area (Å²) in [5, 5.41) is 3.43. The van der Waals surface area contributed by atoms with E-state index >= 15 is 0 Å². The Morgan fingerprint density at radius 3 is 2.64 bits per heavy atom. The van der Waals surface area contributed by atoms with E-state index in [1.165, 1.54) is 12.5 Å². The molecule has 0 aliphatic rings. The molecule has 7 heteroatoms. The third-order valence-electron chi connectivity index (χ3n) is 2.89. The highest BCUT2D eigenvalue weighted by atomic mass is 35.5. The highest BCUT2D eigenvalue weighted by molar-refractivity contribution is 6.42. The summed E-state index contributed by atoms with van der Waals surface area (Å²) in [4.78, 5) is 20.2. The Morgan fingerprint density at radius 2 is 1.91 bits per heavy atom. The highest BCUT2D eigenvalue weighted by Gasteiger charge is 2.11. The smallest absolute Gasteiger partial charge is 0.301 e. The van der Waals surface area contributed by atoms with Gasteiger partial charge in [-0.1, -0.05) is 29.3 Å². The number of nitrogens with one attached hydrogen (secondary N) is 1. The second-order valence-corrected chi connectivity index (χ2v) is 5.16. The van der Waals surface area contributed by atoms with E-state index in [4.69, 9.17) is 27.6 Å². The summed E-state index contributed by atoms with van der Waals surface area (Å²) >= 11 is 11.9. The number of amides is 1. The molecule has 1 aromatic carbocycles. The number of carbonyl (C=O) groups excluding carboxylic acids is 1. The minimum absolute atomic E-state index is 0.137. The van der Waals surface area contributed by atoms with E-state index in [1.807, 2.05) is 0 Å². The zero-order valence-electron chi connectivity index (χ0n) is 11.1. The maximum Gasteiger partial charge on any atom is 0.301 e. The molecule has 0 fully saturated rings. The SMILES string of the molecule is O=C(Nc1ncco1)c1ccnc(-c2ccc(Cl)c(Cl)c2)c1. The summed E-state index contributed by atoms with van der Waals surface area (Å²) < 4.78 is 4.98. The topological polar surface area (TPSA) is 68.0 Å². The number of nitrogens with zero attached hydrogens (tertiary/aromatic N) is 2. The normalized spacial score (nSPS) is 10.5. The second kappa shape index (κ2) is 6.17. The van der Waals surface area contributed by atoms with Crippen molar-refractivity contribution < 1.29 is 9.21 Å². The van der Waals surface area contributed by atoms with E-state index in [9.17, 15) is 4.79 Å². The van der Waals surface area contributed by atoms with Crippen molar-refractivity contribution in [1.29, 1.82) is 0 Å². The number of anilines is 1. The van der Waals surface area contributed by atoms with Gasteiger partial charge in [-0.15, -0.1) is 0 Å². The van der Waals surface area contributed by atoms with Crippen LogP contribution in [0.1, 0.15) is 10.4 Å². The maximum absolute atomic E-state index is 12.1. The Bertz CT molecular complexity index is 819. The molecule has 0 aliphatic carbocycles. The lowest BCUT2D eigenvalue weighted by Crippen LogP contribution is -2.12. The molecule has 0 saturated heterocycles. The Labute approximate surface area is 135 Å². The number of benzene rings is 1. The molecule has 2 aromatic heterocycles. The molecule has 1 amide bonds. The molecule has 0 atom stereocenters. The first-order valence-electron chi connectivity index (χ1n) is 6.26. The van der Waals surface area contributed by atoms with E-state index in [1.54, 1.807) is 36.5 Å². The second-order valence-electron chi connectivity index (χ2n) is 4.35. The first-order valence-corrected chi connectivity index (χ1v) is 7.01. The molecular formula is C15H9Cl2N3O2. The first kappa shape index (κ1) is 14.6. The van der Waals surface area contributed by atoms with E-state index in [0.29, 0.717) is 21.3 Å². The number of rotatable bonds is 3. The molecule has 5 nitrogen and oxygen atoms in total. The molecule has 0 spiro atoms. The lowest BCUT2D eigenvalue weighted by molar-refractivity contribution is 0.102. The van der Waals surface area contributed by atoms with Gasteiger partial charge in [-0.3, -0.25) is 15.1 Å². The van der Waals surface area contributed by atoms with Crippen molar-refractivity contribution in [3.05, 3.63) is 64.6 Å². The first-order chi connectivity index (χ1) is 10.6. The summed E-state index contributed by atoms with van der Waals surface area (Å²) in [5.41, 5.74) is 1.80. The number of hydrogen-bond donors (Lipinski definition) is 1. The third-order valence-corrected chi connectivity index (χ3v) is 3.63. The zero-order valence-corrected chi connectivity index (χ0v) is 12.6. The van der Waals surface area contributed by atoms with Crippen LogP contribution in [0, 0.1) is 0 Å². The average molecular weight is 334 g/mol. The zero-order chi connectivity index (χ0) is 15.5. The molecule has 3 rings (SSSR count). The van der Waals surface area contributed by atoms with Gasteiger partial charge >= 0.3 is 6.01 Å². The lowest BCUT2D eigenvalue weighted by atomic mass is 10.1. The summed E-state index contributed by atoms with van der Waals surface area (Å²) in [6.45, 7) is 0. The third kappa shape index (κ3) is 3.10. The van der Waals surface area contributed by atoms with Gasteiger partial charge in [0.1, 0.15) is 6.26 Å². The fraction of sp³-hybridized carbons (Fsp3) is 0. The lowest BCUT2D eigenvalue weighted by Gasteiger charge is -2.05. The van der Waals surface area contributed by atoms with E-state index in [-0.39, 0.29) is 11.9 Å². The monoisotopic (exact) mass is 333 g/mol. The van der Waals surface area contributed by atoms with Gasteiger partial charge in [-0.2, -0.15) is 0 Å². The predicted molar refractivity (Wildman–Crippen MR) is 84.1 cm³/mol. The van der Waals surface area contributed by atoms with Crippen LogP contribution >= 0.6 is 23.2 Å². The summed E-state index contributed by atoms with van der Waals surface area (Å²) in [6, 6.07) is 8.55. The molecule has 0 saturated carbocycles. The van der Waals surface area contributed by atoms with E-state index < -0.39 is 0 Å². The van der Waals surface area contributed by atoms with Crippen LogP contribution in [-0.4, -0.2) is 15.9 Å². The van der Waals surface area contributed by atoms with Crippen molar-refractivity contribution in [2.75, 3.05) is 5.32 Å². The number of pyridine rings is 1. The molecule has 1 N–H and O–H groups in total. The van der Waals surface area contributed by atoms with Crippen LogP contribution in [0.25, 0.3) is 11.3 Å². The van der Waals surface area contributed by atoms with Gasteiger partial charge in [0.2, 0.25) is 0 Å². The molecular weight excluding hydrogens is 325 g/mol. The highest BCUT2D eigenvalue weighted by Crippen LogP contribution is 2.27. The van der Waals surface area contributed by atoms with E-state index in [0.717, 1.165) is 5.56 Å². The summed E-state index contributed by atoms with van der Waals surface area (Å²) in [5.74, 6) is -0.342. The average Bonchev–Trinajstić information content (AvgIpc) is 3.03. The van der Waals surface area contributed by atoms with Gasteiger partial charge in [-0.05, 0) is 24.3 Å². The molecule has 0 unspecified atom stereocenters. The molecule has 2 heterocycles. The van der Waals surface area contributed by atoms with Gasteiger partial charge in [0.05, 0.1) is 21.9 Å². The van der Waals surface area contributed by atoms with Gasteiger partial charge < -0.3 is 4.42 Å². The molecule has 0 bridgehead atoms. The maximum atomic E-state index is 12.1. The number of oxazole rings is 1. The number of aromatic nitrogens is 2. The number of carbonyl (C=O) groups is 1. The van der Waals surface area contributed by atoms with Crippen LogP contribution in [0.4, 0.5) is 6.01 Å². The minimum Gasteiger partial charge on any atom is -0.432 e. The Morgan fingerprint density at radius 1 is 1.05 bits per heavy atom. The molecule has 110 valence electrons. The quantitative estimate of drug-likeness (QED) is 0.776. The van der Waals surface area contributed by atoms with Gasteiger partial charge in [0, 0.05) is 17.3 Å². The Hall–Kier alpha value is -2.37. The van der Waals surface area contributed by atoms with Crippen molar-refractivity contribution in [3.63, 3.8) is 0 Å². The van der Waals surface area contributed by atoms with Gasteiger partial charge in [0.15, 0.2) is 0 Å². The fourth-order valence-electron chi connectivity index (χ4n) is 1.84. The summed E-state index contributed by atoms with van der Waals surface area (Å²) in [6.07, 6.45) is 4.37. The standard InChI is InChI=1S/C15H9Cl2N3O2/c16-11-2-1-9(7-12(11)17)13-8-10(3-4-18-13)14(21)20-15-19-5-6-22-15/h1-8H,(H,19,20,21). The van der Waals surface area contributed by atoms with Crippen LogP contribution in [0.15, 0.2) is 53.4 Å². The number of halogens is 2. The van der Waals surface area contributed by atoms with Crippen molar-refractivity contribution in [3.8, 4) is 11.3 Å². The van der Waals surface area contributed by atoms with Crippen LogP contribution in [-0.2, 0) is 0 Å². The van der Waals surface area contributed by atoms with Crippen LogP contribution < -0.4 is 5.32 Å². The van der Waals surface area contributed by atoms with E-state index in [2.05, 4.69) is 15.3 Å². The molecule has 0 aliphatic heterocycles. The van der Waals surface area contributed by atoms with Gasteiger partial charge in [-0.25, -0.2) is 4.98 Å². The largest absolute Gasteiger partial charge is 0.432 e. The molecule has 0 radical (unpaired) electrons. The Balaban J connectivity index is 1.88. The van der Waals surface area contributed by atoms with Gasteiger partial charge in [0.25, 0.3) is 5.91 Å². The fourth-order valence-corrected chi connectivity index (χ4v) is 2.14.